The van der Waals surface area contributed by atoms with Crippen molar-refractivity contribution in [2.24, 2.45) is 0 Å². The summed E-state index contributed by atoms with van der Waals surface area (Å²) in [4.78, 5) is 6.61. The Hall–Kier alpha value is -2.07. The molecule has 1 aliphatic heterocycles. The zero-order chi connectivity index (χ0) is 14.7. The number of ether oxygens (including phenoxy) is 1. The first-order valence-corrected chi connectivity index (χ1v) is 7.29. The number of aliphatic hydroxyl groups is 1. The van der Waals surface area contributed by atoms with Crippen molar-refractivity contribution in [3.63, 3.8) is 0 Å². The van der Waals surface area contributed by atoms with Gasteiger partial charge < -0.3 is 14.7 Å². The SMILES string of the molecule is Cc1ccc(CCN2CC(CO)Oc3ccccc32)cn1. The van der Waals surface area contributed by atoms with Gasteiger partial charge in [-0.25, -0.2) is 0 Å². The standard InChI is InChI=1S/C17H20N2O2/c1-13-6-7-14(10-18-13)8-9-19-11-15(12-20)21-17-5-3-2-4-16(17)19/h2-7,10,15,20H,8-9,11-12H2,1H3. The van der Waals surface area contributed by atoms with E-state index in [0.29, 0.717) is 6.54 Å². The Balaban J connectivity index is 1.73. The number of aromatic nitrogens is 1. The average molecular weight is 284 g/mol. The number of rotatable bonds is 4. The number of aliphatic hydroxyl groups excluding tert-OH is 1. The summed E-state index contributed by atoms with van der Waals surface area (Å²) < 4.78 is 5.78. The minimum absolute atomic E-state index is 0.0386. The van der Waals surface area contributed by atoms with Crippen LogP contribution in [0.3, 0.4) is 0 Å². The first kappa shape index (κ1) is 13.9. The Morgan fingerprint density at radius 1 is 1.29 bits per heavy atom. The van der Waals surface area contributed by atoms with Gasteiger partial charge in [0.2, 0.25) is 0 Å². The van der Waals surface area contributed by atoms with Crippen LogP contribution in [0.2, 0.25) is 0 Å². The number of fused-ring (bicyclic) bond motifs is 1. The molecule has 0 saturated carbocycles. The van der Waals surface area contributed by atoms with Crippen LogP contribution in [0, 0.1) is 6.92 Å². The summed E-state index contributed by atoms with van der Waals surface area (Å²) in [5.74, 6) is 0.852. The van der Waals surface area contributed by atoms with Gasteiger partial charge in [-0.15, -0.1) is 0 Å². The van der Waals surface area contributed by atoms with E-state index < -0.39 is 0 Å². The number of benzene rings is 1. The van der Waals surface area contributed by atoms with Gasteiger partial charge in [0.25, 0.3) is 0 Å². The number of aryl methyl sites for hydroxylation is 1. The highest BCUT2D eigenvalue weighted by atomic mass is 16.5. The fourth-order valence-electron chi connectivity index (χ4n) is 2.60. The van der Waals surface area contributed by atoms with Gasteiger partial charge in [-0.3, -0.25) is 4.98 Å². The van der Waals surface area contributed by atoms with Crippen molar-refractivity contribution in [2.45, 2.75) is 19.4 Å². The van der Waals surface area contributed by atoms with Crippen LogP contribution >= 0.6 is 0 Å². The predicted octanol–water partition coefficient (Wildman–Crippen LogP) is 2.19. The van der Waals surface area contributed by atoms with Crippen molar-refractivity contribution in [3.8, 4) is 5.75 Å². The lowest BCUT2D eigenvalue weighted by Crippen LogP contribution is -2.42. The number of anilines is 1. The van der Waals surface area contributed by atoms with Gasteiger partial charge in [-0.05, 0) is 37.1 Å². The lowest BCUT2D eigenvalue weighted by Gasteiger charge is -2.35. The van der Waals surface area contributed by atoms with E-state index >= 15 is 0 Å². The fourth-order valence-corrected chi connectivity index (χ4v) is 2.60. The molecule has 0 saturated heterocycles. The van der Waals surface area contributed by atoms with Crippen molar-refractivity contribution >= 4 is 5.69 Å². The summed E-state index contributed by atoms with van der Waals surface area (Å²) in [7, 11) is 0. The lowest BCUT2D eigenvalue weighted by atomic mass is 10.1. The van der Waals surface area contributed by atoms with E-state index in [9.17, 15) is 5.11 Å². The molecule has 0 radical (unpaired) electrons. The molecule has 4 heteroatoms. The van der Waals surface area contributed by atoms with Gasteiger partial charge >= 0.3 is 0 Å². The van der Waals surface area contributed by atoms with Crippen LogP contribution in [0.25, 0.3) is 0 Å². The van der Waals surface area contributed by atoms with Crippen LogP contribution in [-0.4, -0.2) is 35.9 Å². The van der Waals surface area contributed by atoms with E-state index in [0.717, 1.165) is 30.1 Å². The van der Waals surface area contributed by atoms with E-state index in [1.807, 2.05) is 37.4 Å². The normalized spacial score (nSPS) is 17.2. The van der Waals surface area contributed by atoms with Gasteiger partial charge in [0.15, 0.2) is 0 Å². The molecule has 0 spiro atoms. The number of nitrogens with zero attached hydrogens (tertiary/aromatic N) is 2. The van der Waals surface area contributed by atoms with E-state index in [1.54, 1.807) is 0 Å². The lowest BCUT2D eigenvalue weighted by molar-refractivity contribution is 0.112. The van der Waals surface area contributed by atoms with E-state index in [1.165, 1.54) is 5.56 Å². The van der Waals surface area contributed by atoms with Crippen molar-refractivity contribution < 1.29 is 9.84 Å². The molecule has 0 amide bonds. The molecule has 3 rings (SSSR count). The maximum atomic E-state index is 9.39. The quantitative estimate of drug-likeness (QED) is 0.935. The molecule has 1 unspecified atom stereocenters. The molecule has 2 aromatic rings. The Morgan fingerprint density at radius 3 is 2.90 bits per heavy atom. The predicted molar refractivity (Wildman–Crippen MR) is 82.8 cm³/mol. The largest absolute Gasteiger partial charge is 0.484 e. The summed E-state index contributed by atoms with van der Waals surface area (Å²) in [6.07, 6.45) is 2.71. The Kier molecular flexibility index (Phi) is 4.06. The highest BCUT2D eigenvalue weighted by Crippen LogP contribution is 2.32. The third kappa shape index (κ3) is 3.16. The van der Waals surface area contributed by atoms with Crippen LogP contribution in [0.15, 0.2) is 42.6 Å². The number of para-hydroxylation sites is 2. The summed E-state index contributed by atoms with van der Waals surface area (Å²) in [6.45, 7) is 3.64. The molecule has 110 valence electrons. The van der Waals surface area contributed by atoms with Gasteiger partial charge in [-0.1, -0.05) is 18.2 Å². The monoisotopic (exact) mass is 284 g/mol. The summed E-state index contributed by atoms with van der Waals surface area (Å²) in [6, 6.07) is 12.2. The van der Waals surface area contributed by atoms with Gasteiger partial charge in [0, 0.05) is 18.4 Å². The molecular formula is C17H20N2O2. The smallest absolute Gasteiger partial charge is 0.143 e. The third-order valence-corrected chi connectivity index (χ3v) is 3.77. The minimum atomic E-state index is -0.156. The fraction of sp³-hybridized carbons (Fsp3) is 0.353. The van der Waals surface area contributed by atoms with Crippen molar-refractivity contribution in [1.29, 1.82) is 0 Å². The molecule has 4 nitrogen and oxygen atoms in total. The Bertz CT molecular complexity index is 598. The maximum absolute atomic E-state index is 9.39. The molecule has 1 aromatic heterocycles. The van der Waals surface area contributed by atoms with Crippen LogP contribution in [-0.2, 0) is 6.42 Å². The molecule has 0 fully saturated rings. The van der Waals surface area contributed by atoms with Crippen molar-refractivity contribution in [2.75, 3.05) is 24.6 Å². The zero-order valence-corrected chi connectivity index (χ0v) is 12.2. The summed E-state index contributed by atoms with van der Waals surface area (Å²) in [5.41, 5.74) is 3.36. The van der Waals surface area contributed by atoms with Crippen LogP contribution < -0.4 is 9.64 Å². The molecule has 2 heterocycles. The van der Waals surface area contributed by atoms with Crippen LogP contribution in [0.1, 0.15) is 11.3 Å². The Morgan fingerprint density at radius 2 is 2.14 bits per heavy atom. The van der Waals surface area contributed by atoms with E-state index in [-0.39, 0.29) is 12.7 Å². The van der Waals surface area contributed by atoms with Crippen LogP contribution in [0.5, 0.6) is 5.75 Å². The molecule has 1 aliphatic rings. The van der Waals surface area contributed by atoms with Crippen LogP contribution in [0.4, 0.5) is 5.69 Å². The third-order valence-electron chi connectivity index (χ3n) is 3.77. The number of hydrogen-bond donors (Lipinski definition) is 1. The zero-order valence-electron chi connectivity index (χ0n) is 12.2. The summed E-state index contributed by atoms with van der Waals surface area (Å²) in [5, 5.41) is 9.39. The second kappa shape index (κ2) is 6.14. The minimum Gasteiger partial charge on any atom is -0.484 e. The number of pyridine rings is 1. The van der Waals surface area contributed by atoms with Gasteiger partial charge in [-0.2, -0.15) is 0 Å². The van der Waals surface area contributed by atoms with Gasteiger partial charge in [0.1, 0.15) is 11.9 Å². The first-order valence-electron chi connectivity index (χ1n) is 7.29. The summed E-state index contributed by atoms with van der Waals surface area (Å²) >= 11 is 0. The first-order chi connectivity index (χ1) is 10.3. The second-order valence-electron chi connectivity index (χ2n) is 5.39. The molecule has 21 heavy (non-hydrogen) atoms. The Labute approximate surface area is 125 Å². The molecular weight excluding hydrogens is 264 g/mol. The molecule has 0 bridgehead atoms. The van der Waals surface area contributed by atoms with Crippen molar-refractivity contribution in [1.82, 2.24) is 4.98 Å². The topological polar surface area (TPSA) is 45.6 Å². The van der Waals surface area contributed by atoms with Gasteiger partial charge in [0.05, 0.1) is 18.8 Å². The highest BCUT2D eigenvalue weighted by molar-refractivity contribution is 5.60. The van der Waals surface area contributed by atoms with E-state index in [2.05, 4.69) is 22.0 Å². The molecule has 1 atom stereocenters. The van der Waals surface area contributed by atoms with Crippen molar-refractivity contribution in [3.05, 3.63) is 53.9 Å². The molecule has 0 aliphatic carbocycles. The second-order valence-corrected chi connectivity index (χ2v) is 5.39. The van der Waals surface area contributed by atoms with E-state index in [4.69, 9.17) is 4.74 Å². The molecule has 1 aromatic carbocycles. The maximum Gasteiger partial charge on any atom is 0.143 e. The average Bonchev–Trinajstić information content (AvgIpc) is 2.53. The molecule has 1 N–H and O–H groups in total. The number of hydrogen-bond acceptors (Lipinski definition) is 4. The highest BCUT2D eigenvalue weighted by Gasteiger charge is 2.24.